The largest absolute Gasteiger partial charge is 0.394 e. The van der Waals surface area contributed by atoms with Crippen LogP contribution in [0.3, 0.4) is 0 Å². The number of carbonyl (C=O) groups is 1. The molecule has 0 bridgehead atoms. The molecule has 0 radical (unpaired) electrons. The van der Waals surface area contributed by atoms with Crippen LogP contribution in [0.2, 0.25) is 0 Å². The molecule has 0 aliphatic heterocycles. The van der Waals surface area contributed by atoms with Gasteiger partial charge in [0, 0.05) is 18.5 Å². The van der Waals surface area contributed by atoms with Gasteiger partial charge in [-0.1, -0.05) is 0 Å². The van der Waals surface area contributed by atoms with E-state index in [1.165, 1.54) is 10.9 Å². The number of hydrogen-bond donors (Lipinski definition) is 3. The number of halogens is 1. The number of amides is 1. The van der Waals surface area contributed by atoms with Crippen molar-refractivity contribution in [2.75, 3.05) is 18.5 Å². The fourth-order valence-electron chi connectivity index (χ4n) is 1.63. The van der Waals surface area contributed by atoms with Gasteiger partial charge in [-0.3, -0.25) is 9.59 Å². The fourth-order valence-corrected chi connectivity index (χ4v) is 2.08. The van der Waals surface area contributed by atoms with E-state index in [1.807, 2.05) is 20.8 Å². The third kappa shape index (κ3) is 5.84. The van der Waals surface area contributed by atoms with Gasteiger partial charge in [0.2, 0.25) is 5.91 Å². The molecule has 1 amide bonds. The normalized spacial score (nSPS) is 11.3. The summed E-state index contributed by atoms with van der Waals surface area (Å²) in [5.41, 5.74) is -0.0600. The second-order valence-electron chi connectivity index (χ2n) is 5.60. The minimum absolute atomic E-state index is 0.0623. The first-order chi connectivity index (χ1) is 9.74. The van der Waals surface area contributed by atoms with Crippen LogP contribution in [-0.2, 0) is 11.3 Å². The van der Waals surface area contributed by atoms with E-state index in [2.05, 4.69) is 31.7 Å². The van der Waals surface area contributed by atoms with Gasteiger partial charge in [-0.15, -0.1) is 0 Å². The molecule has 3 N–H and O–H groups in total. The van der Waals surface area contributed by atoms with Crippen LogP contribution in [0.4, 0.5) is 5.69 Å². The average Bonchev–Trinajstić information content (AvgIpc) is 2.36. The molecule has 118 valence electrons. The molecule has 0 atom stereocenters. The Hall–Kier alpha value is -1.41. The quantitative estimate of drug-likeness (QED) is 0.694. The summed E-state index contributed by atoms with van der Waals surface area (Å²) in [6, 6.07) is 0. The number of anilines is 1. The predicted molar refractivity (Wildman–Crippen MR) is 84.3 cm³/mol. The summed E-state index contributed by atoms with van der Waals surface area (Å²) < 4.78 is 1.50. The van der Waals surface area contributed by atoms with Crippen LogP contribution in [0.15, 0.2) is 15.5 Å². The first-order valence-corrected chi connectivity index (χ1v) is 7.45. The summed E-state index contributed by atoms with van der Waals surface area (Å²) in [6.07, 6.45) is 1.78. The van der Waals surface area contributed by atoms with Crippen molar-refractivity contribution in [3.63, 3.8) is 0 Å². The molecule has 21 heavy (non-hydrogen) atoms. The number of aliphatic hydroxyl groups is 1. The van der Waals surface area contributed by atoms with Crippen molar-refractivity contribution in [3.05, 3.63) is 21.0 Å². The Morgan fingerprint density at radius 2 is 2.14 bits per heavy atom. The summed E-state index contributed by atoms with van der Waals surface area (Å²) in [7, 11) is 0. The van der Waals surface area contributed by atoms with Crippen LogP contribution in [0, 0.1) is 0 Å². The molecule has 1 aromatic rings. The third-order valence-electron chi connectivity index (χ3n) is 2.48. The predicted octanol–water partition coefficient (Wildman–Crippen LogP) is 0.715. The molecule has 0 aliphatic rings. The maximum absolute atomic E-state index is 11.9. The highest BCUT2D eigenvalue weighted by atomic mass is 79.9. The van der Waals surface area contributed by atoms with Gasteiger partial charge in [-0.25, -0.2) is 4.68 Å². The summed E-state index contributed by atoms with van der Waals surface area (Å²) in [5, 5.41) is 18.6. The standard InChI is InChI=1S/C13H21BrN4O3/c1-13(2,3)17-10(20)4-5-15-9-8-16-18(6-7-19)12(21)11(9)14/h8,15,19H,4-7H2,1-3H3,(H,17,20). The highest BCUT2D eigenvalue weighted by Crippen LogP contribution is 2.15. The lowest BCUT2D eigenvalue weighted by atomic mass is 10.1. The van der Waals surface area contributed by atoms with Crippen LogP contribution in [0.1, 0.15) is 27.2 Å². The Kier molecular flexibility index (Phi) is 6.35. The van der Waals surface area contributed by atoms with Gasteiger partial charge in [0.1, 0.15) is 4.47 Å². The Morgan fingerprint density at radius 1 is 1.48 bits per heavy atom. The number of carbonyl (C=O) groups excluding carboxylic acids is 1. The topological polar surface area (TPSA) is 96.2 Å². The van der Waals surface area contributed by atoms with Crippen LogP contribution in [0.5, 0.6) is 0 Å². The molecule has 0 fully saturated rings. The van der Waals surface area contributed by atoms with Crippen molar-refractivity contribution in [3.8, 4) is 0 Å². The molecule has 1 aromatic heterocycles. The molecular formula is C13H21BrN4O3. The Morgan fingerprint density at radius 3 is 2.71 bits per heavy atom. The lowest BCUT2D eigenvalue weighted by Crippen LogP contribution is -2.41. The molecule has 7 nitrogen and oxygen atoms in total. The van der Waals surface area contributed by atoms with E-state index in [9.17, 15) is 9.59 Å². The zero-order valence-corrected chi connectivity index (χ0v) is 14.0. The number of rotatable bonds is 6. The number of nitrogens with one attached hydrogen (secondary N) is 2. The zero-order chi connectivity index (χ0) is 16.0. The van der Waals surface area contributed by atoms with Crippen molar-refractivity contribution in [1.82, 2.24) is 15.1 Å². The maximum Gasteiger partial charge on any atom is 0.283 e. The molecular weight excluding hydrogens is 340 g/mol. The van der Waals surface area contributed by atoms with Crippen LogP contribution in [0.25, 0.3) is 0 Å². The van der Waals surface area contributed by atoms with Crippen molar-refractivity contribution in [2.45, 2.75) is 39.3 Å². The summed E-state index contributed by atoms with van der Waals surface area (Å²) in [6.45, 7) is 6.13. The van der Waals surface area contributed by atoms with Crippen LogP contribution in [-0.4, -0.2) is 39.5 Å². The monoisotopic (exact) mass is 360 g/mol. The van der Waals surface area contributed by atoms with Gasteiger partial charge in [0.25, 0.3) is 5.56 Å². The summed E-state index contributed by atoms with van der Waals surface area (Å²) >= 11 is 3.20. The zero-order valence-electron chi connectivity index (χ0n) is 12.4. The van der Waals surface area contributed by atoms with E-state index in [-0.39, 0.29) is 30.2 Å². The first-order valence-electron chi connectivity index (χ1n) is 6.66. The highest BCUT2D eigenvalue weighted by molar-refractivity contribution is 9.10. The smallest absolute Gasteiger partial charge is 0.283 e. The van der Waals surface area contributed by atoms with Gasteiger partial charge in [0.15, 0.2) is 0 Å². The minimum Gasteiger partial charge on any atom is -0.394 e. The molecule has 8 heteroatoms. The molecule has 0 spiro atoms. The molecule has 0 aromatic carbocycles. The molecule has 0 unspecified atom stereocenters. The second-order valence-corrected chi connectivity index (χ2v) is 6.39. The maximum atomic E-state index is 11.9. The fraction of sp³-hybridized carbons (Fsp3) is 0.615. The first kappa shape index (κ1) is 17.6. The number of nitrogens with zero attached hydrogens (tertiary/aromatic N) is 2. The van der Waals surface area contributed by atoms with Crippen LogP contribution < -0.4 is 16.2 Å². The van der Waals surface area contributed by atoms with E-state index in [0.29, 0.717) is 23.1 Å². The van der Waals surface area contributed by atoms with Gasteiger partial charge < -0.3 is 15.7 Å². The van der Waals surface area contributed by atoms with Crippen molar-refractivity contribution in [1.29, 1.82) is 0 Å². The molecule has 0 saturated heterocycles. The van der Waals surface area contributed by atoms with Gasteiger partial charge >= 0.3 is 0 Å². The van der Waals surface area contributed by atoms with E-state index in [0.717, 1.165) is 0 Å². The van der Waals surface area contributed by atoms with Gasteiger partial charge in [-0.2, -0.15) is 5.10 Å². The SMILES string of the molecule is CC(C)(C)NC(=O)CCNc1cnn(CCO)c(=O)c1Br. The van der Waals surface area contributed by atoms with Crippen molar-refractivity contribution < 1.29 is 9.90 Å². The summed E-state index contributed by atoms with van der Waals surface area (Å²) in [4.78, 5) is 23.6. The van der Waals surface area contributed by atoms with E-state index >= 15 is 0 Å². The minimum atomic E-state index is -0.326. The molecule has 0 aliphatic carbocycles. The third-order valence-corrected chi connectivity index (χ3v) is 3.24. The molecule has 0 saturated carbocycles. The van der Waals surface area contributed by atoms with Crippen molar-refractivity contribution >= 4 is 27.5 Å². The van der Waals surface area contributed by atoms with Crippen LogP contribution >= 0.6 is 15.9 Å². The number of aliphatic hydroxyl groups excluding tert-OH is 1. The second kappa shape index (κ2) is 7.56. The Balaban J connectivity index is 2.59. The van der Waals surface area contributed by atoms with Gasteiger partial charge in [0.05, 0.1) is 25.0 Å². The van der Waals surface area contributed by atoms with Crippen molar-refractivity contribution in [2.24, 2.45) is 0 Å². The van der Waals surface area contributed by atoms with Gasteiger partial charge in [-0.05, 0) is 36.7 Å². The number of hydrogen-bond acceptors (Lipinski definition) is 5. The highest BCUT2D eigenvalue weighted by Gasteiger charge is 2.13. The van der Waals surface area contributed by atoms with E-state index < -0.39 is 0 Å². The summed E-state index contributed by atoms with van der Waals surface area (Å²) in [5.74, 6) is -0.0623. The number of aromatic nitrogens is 2. The Bertz CT molecular complexity index is 551. The lowest BCUT2D eigenvalue weighted by molar-refractivity contribution is -0.122. The molecule has 1 heterocycles. The van der Waals surface area contributed by atoms with E-state index in [1.54, 1.807) is 0 Å². The average molecular weight is 361 g/mol. The Labute approximate surface area is 131 Å². The van der Waals surface area contributed by atoms with E-state index in [4.69, 9.17) is 5.11 Å². The molecule has 1 rings (SSSR count). The lowest BCUT2D eigenvalue weighted by Gasteiger charge is -2.20.